The van der Waals surface area contributed by atoms with Crippen molar-refractivity contribution in [2.75, 3.05) is 0 Å². The number of hydrogen-bond acceptors (Lipinski definition) is 4. The molecule has 0 aromatic heterocycles. The van der Waals surface area contributed by atoms with E-state index in [1.807, 2.05) is 45.3 Å². The zero-order valence-corrected chi connectivity index (χ0v) is 11.7. The molecule has 0 amide bonds. The lowest BCUT2D eigenvalue weighted by atomic mass is 9.78. The van der Waals surface area contributed by atoms with E-state index in [0.29, 0.717) is 5.56 Å². The number of amidine groups is 1. The third-order valence-electron chi connectivity index (χ3n) is 3.81. The Labute approximate surface area is 113 Å². The van der Waals surface area contributed by atoms with Gasteiger partial charge in [0.05, 0.1) is 11.2 Å². The fourth-order valence-corrected chi connectivity index (χ4v) is 1.88. The molecule has 19 heavy (non-hydrogen) atoms. The molecular weight excluding hydrogens is 243 g/mol. The van der Waals surface area contributed by atoms with Crippen molar-refractivity contribution in [3.63, 3.8) is 0 Å². The van der Waals surface area contributed by atoms with E-state index in [2.05, 4.69) is 0 Å². The summed E-state index contributed by atoms with van der Waals surface area (Å²) in [6, 6.07) is 7.20. The molecule has 5 nitrogen and oxygen atoms in total. The number of hydrogen-bond donors (Lipinski definition) is 3. The van der Waals surface area contributed by atoms with E-state index in [-0.39, 0.29) is 5.84 Å². The van der Waals surface area contributed by atoms with Crippen LogP contribution in [0.4, 0.5) is 0 Å². The number of benzene rings is 1. The van der Waals surface area contributed by atoms with Crippen LogP contribution in [0.3, 0.4) is 0 Å². The van der Waals surface area contributed by atoms with Crippen molar-refractivity contribution in [2.45, 2.75) is 38.9 Å². The van der Waals surface area contributed by atoms with Crippen molar-refractivity contribution < 1.29 is 14.5 Å². The van der Waals surface area contributed by atoms with Crippen LogP contribution in [0.1, 0.15) is 33.3 Å². The fraction of sp³-hybridized carbons (Fsp3) is 0.462. The van der Waals surface area contributed by atoms with Gasteiger partial charge in [0, 0.05) is 5.56 Å². The number of nitrogens with one attached hydrogen (secondary N) is 2. The molecule has 102 valence electrons. The second-order valence-electron chi connectivity index (χ2n) is 5.70. The van der Waals surface area contributed by atoms with Crippen LogP contribution in [0.5, 0.6) is 0 Å². The number of hydroxylamine groups is 1. The fourth-order valence-electron chi connectivity index (χ4n) is 1.88. The molecule has 1 aromatic rings. The first-order chi connectivity index (χ1) is 8.77. The van der Waals surface area contributed by atoms with Crippen LogP contribution >= 0.6 is 0 Å². The molecule has 6 heteroatoms. The van der Waals surface area contributed by atoms with Gasteiger partial charge >= 0.3 is 7.12 Å². The minimum atomic E-state index is -0.462. The summed E-state index contributed by atoms with van der Waals surface area (Å²) in [6.45, 7) is 7.98. The molecule has 0 atom stereocenters. The first kappa shape index (κ1) is 14.1. The van der Waals surface area contributed by atoms with Crippen molar-refractivity contribution in [1.82, 2.24) is 5.48 Å². The van der Waals surface area contributed by atoms with E-state index in [9.17, 15) is 0 Å². The van der Waals surface area contributed by atoms with Crippen LogP contribution in [-0.2, 0) is 9.31 Å². The normalized spacial score (nSPS) is 20.4. The first-order valence-electron chi connectivity index (χ1n) is 6.21. The largest absolute Gasteiger partial charge is 0.494 e. The van der Waals surface area contributed by atoms with Crippen molar-refractivity contribution in [2.24, 2.45) is 0 Å². The summed E-state index contributed by atoms with van der Waals surface area (Å²) in [5.74, 6) is -0.0571. The standard InChI is InChI=1S/C13H19BN2O3/c1-12(2)13(3,4)19-14(18-12)10-7-5-6-9(8-10)11(15)16-17/h5-8,17H,1-4H3,(H2,15,16). The van der Waals surface area contributed by atoms with Gasteiger partial charge in [0.2, 0.25) is 0 Å². The maximum Gasteiger partial charge on any atom is 0.494 e. The highest BCUT2D eigenvalue weighted by atomic mass is 16.7. The van der Waals surface area contributed by atoms with Gasteiger partial charge in [0.1, 0.15) is 5.84 Å². The molecule has 1 heterocycles. The molecule has 1 aliphatic heterocycles. The molecule has 0 bridgehead atoms. The molecule has 0 aliphatic carbocycles. The van der Waals surface area contributed by atoms with E-state index >= 15 is 0 Å². The monoisotopic (exact) mass is 262 g/mol. The van der Waals surface area contributed by atoms with E-state index in [1.54, 1.807) is 12.1 Å². The van der Waals surface area contributed by atoms with Crippen LogP contribution in [0.2, 0.25) is 0 Å². The van der Waals surface area contributed by atoms with Crippen molar-refractivity contribution >= 4 is 18.4 Å². The van der Waals surface area contributed by atoms with Crippen LogP contribution < -0.4 is 10.9 Å². The lowest BCUT2D eigenvalue weighted by Crippen LogP contribution is -2.41. The maximum absolute atomic E-state index is 8.77. The average molecular weight is 262 g/mol. The summed E-state index contributed by atoms with van der Waals surface area (Å²) >= 11 is 0. The molecule has 0 spiro atoms. The Morgan fingerprint density at radius 3 is 2.32 bits per heavy atom. The van der Waals surface area contributed by atoms with Gasteiger partial charge in [-0.3, -0.25) is 16.1 Å². The second kappa shape index (κ2) is 4.63. The molecule has 1 aliphatic rings. The third kappa shape index (κ3) is 2.52. The van der Waals surface area contributed by atoms with Gasteiger partial charge in [-0.2, -0.15) is 0 Å². The summed E-state index contributed by atoms with van der Waals surface area (Å²) in [6.07, 6.45) is 0. The van der Waals surface area contributed by atoms with Gasteiger partial charge in [-0.05, 0) is 33.2 Å². The minimum Gasteiger partial charge on any atom is -0.399 e. The Hall–Kier alpha value is -1.37. The Bertz CT molecular complexity index is 486. The summed E-state index contributed by atoms with van der Waals surface area (Å²) < 4.78 is 11.9. The third-order valence-corrected chi connectivity index (χ3v) is 3.81. The Kier molecular flexibility index (Phi) is 3.42. The van der Waals surface area contributed by atoms with Gasteiger partial charge < -0.3 is 9.31 Å². The molecule has 0 radical (unpaired) electrons. The molecular formula is C13H19BN2O3. The van der Waals surface area contributed by atoms with E-state index in [4.69, 9.17) is 19.9 Å². The second-order valence-corrected chi connectivity index (χ2v) is 5.70. The van der Waals surface area contributed by atoms with Gasteiger partial charge in [-0.15, -0.1) is 0 Å². The average Bonchev–Trinajstić information content (AvgIpc) is 2.58. The van der Waals surface area contributed by atoms with E-state index < -0.39 is 18.3 Å². The lowest BCUT2D eigenvalue weighted by molar-refractivity contribution is 0.00578. The maximum atomic E-state index is 8.77. The highest BCUT2D eigenvalue weighted by Gasteiger charge is 2.51. The van der Waals surface area contributed by atoms with Gasteiger partial charge in [-0.25, -0.2) is 0 Å². The van der Waals surface area contributed by atoms with Crippen molar-refractivity contribution in [3.8, 4) is 0 Å². The molecule has 1 saturated heterocycles. The zero-order valence-electron chi connectivity index (χ0n) is 11.7. The van der Waals surface area contributed by atoms with Gasteiger partial charge in [0.25, 0.3) is 0 Å². The van der Waals surface area contributed by atoms with Gasteiger partial charge in [0.15, 0.2) is 0 Å². The molecule has 3 N–H and O–H groups in total. The topological polar surface area (TPSA) is 74.6 Å². The molecule has 1 fully saturated rings. The lowest BCUT2D eigenvalue weighted by Gasteiger charge is -2.32. The minimum absolute atomic E-state index is 0.0571. The Morgan fingerprint density at radius 1 is 1.21 bits per heavy atom. The predicted molar refractivity (Wildman–Crippen MR) is 73.9 cm³/mol. The van der Waals surface area contributed by atoms with E-state index in [1.165, 1.54) is 0 Å². The smallest absolute Gasteiger partial charge is 0.399 e. The zero-order chi connectivity index (χ0) is 14.3. The van der Waals surface area contributed by atoms with Crippen LogP contribution in [0.25, 0.3) is 0 Å². The highest BCUT2D eigenvalue weighted by Crippen LogP contribution is 2.36. The molecule has 0 unspecified atom stereocenters. The molecule has 0 saturated carbocycles. The van der Waals surface area contributed by atoms with Crippen molar-refractivity contribution in [3.05, 3.63) is 29.8 Å². The first-order valence-corrected chi connectivity index (χ1v) is 6.21. The summed E-state index contributed by atoms with van der Waals surface area (Å²) in [5, 5.41) is 16.3. The van der Waals surface area contributed by atoms with Crippen LogP contribution in [0, 0.1) is 5.41 Å². The number of rotatable bonds is 2. The predicted octanol–water partition coefficient (Wildman–Crippen LogP) is 1.29. The van der Waals surface area contributed by atoms with Crippen LogP contribution in [-0.4, -0.2) is 29.4 Å². The van der Waals surface area contributed by atoms with E-state index in [0.717, 1.165) is 5.46 Å². The molecule has 1 aromatic carbocycles. The quantitative estimate of drug-likeness (QED) is 0.325. The highest BCUT2D eigenvalue weighted by molar-refractivity contribution is 6.62. The Morgan fingerprint density at radius 2 is 1.79 bits per heavy atom. The summed E-state index contributed by atoms with van der Waals surface area (Å²) in [4.78, 5) is 0. The Balaban J connectivity index is 2.27. The summed E-state index contributed by atoms with van der Waals surface area (Å²) in [5.41, 5.74) is 2.46. The van der Waals surface area contributed by atoms with Crippen LogP contribution in [0.15, 0.2) is 24.3 Å². The summed E-state index contributed by atoms with van der Waals surface area (Å²) in [7, 11) is -0.462. The molecule has 2 rings (SSSR count). The van der Waals surface area contributed by atoms with Crippen molar-refractivity contribution in [1.29, 1.82) is 5.41 Å². The van der Waals surface area contributed by atoms with Gasteiger partial charge in [-0.1, -0.05) is 24.3 Å². The SMILES string of the molecule is CC1(C)OB(c2cccc(C(=N)NO)c2)OC1(C)C.